The van der Waals surface area contributed by atoms with Gasteiger partial charge in [-0.15, -0.1) is 0 Å². The van der Waals surface area contributed by atoms with E-state index in [0.717, 1.165) is 43.9 Å². The lowest BCUT2D eigenvalue weighted by Crippen LogP contribution is -2.42. The van der Waals surface area contributed by atoms with Gasteiger partial charge in [0.05, 0.1) is 12.2 Å². The number of likely N-dealkylation sites (N-methyl/N-ethyl adjacent to an activating group) is 1. The van der Waals surface area contributed by atoms with Crippen LogP contribution in [0.3, 0.4) is 0 Å². The van der Waals surface area contributed by atoms with Gasteiger partial charge in [0.2, 0.25) is 0 Å². The molecular weight excluding hydrogens is 264 g/mol. The molecule has 2 heterocycles. The zero-order valence-corrected chi connectivity index (χ0v) is 13.3. The molecule has 5 heteroatoms. The molecule has 1 saturated heterocycles. The molecular formula is C16H26N4O. The van der Waals surface area contributed by atoms with Gasteiger partial charge in [0.15, 0.2) is 0 Å². The highest BCUT2D eigenvalue weighted by Crippen LogP contribution is 2.15. The number of likely N-dealkylation sites (tertiary alicyclic amines) is 1. The second kappa shape index (κ2) is 7.41. The molecule has 2 amide bonds. The van der Waals surface area contributed by atoms with E-state index in [1.807, 2.05) is 24.0 Å². The lowest BCUT2D eigenvalue weighted by Gasteiger charge is -2.26. The molecule has 1 aromatic heterocycles. The number of aromatic nitrogens is 1. The number of nitrogens with zero attached hydrogens (tertiary/aromatic N) is 3. The highest BCUT2D eigenvalue weighted by molar-refractivity contribution is 5.74. The molecule has 21 heavy (non-hydrogen) atoms. The standard InChI is InChI=1S/C16H26N4O/c1-4-19(5-2)14-8-10-20(12-14)16(21)18-11-15-13(3)7-6-9-17-15/h6-7,9,14H,4-5,8,10-12H2,1-3H3,(H,18,21). The van der Waals surface area contributed by atoms with E-state index in [2.05, 4.69) is 29.0 Å². The van der Waals surface area contributed by atoms with Crippen molar-refractivity contribution in [1.29, 1.82) is 0 Å². The van der Waals surface area contributed by atoms with Crippen molar-refractivity contribution in [3.05, 3.63) is 29.6 Å². The monoisotopic (exact) mass is 290 g/mol. The van der Waals surface area contributed by atoms with Gasteiger partial charge in [0, 0.05) is 25.3 Å². The van der Waals surface area contributed by atoms with Crippen LogP contribution in [-0.4, -0.2) is 53.0 Å². The second-order valence-electron chi connectivity index (χ2n) is 5.54. The third-order valence-corrected chi connectivity index (χ3v) is 4.30. The van der Waals surface area contributed by atoms with Crippen molar-refractivity contribution >= 4 is 6.03 Å². The molecule has 0 spiro atoms. The summed E-state index contributed by atoms with van der Waals surface area (Å²) in [5.74, 6) is 0. The smallest absolute Gasteiger partial charge is 0.317 e. The molecule has 5 nitrogen and oxygen atoms in total. The molecule has 1 aliphatic heterocycles. The number of hydrogen-bond donors (Lipinski definition) is 1. The zero-order chi connectivity index (χ0) is 15.2. The minimum Gasteiger partial charge on any atom is -0.332 e. The summed E-state index contributed by atoms with van der Waals surface area (Å²) in [5, 5.41) is 2.98. The summed E-state index contributed by atoms with van der Waals surface area (Å²) in [4.78, 5) is 20.9. The number of carbonyl (C=O) groups is 1. The molecule has 0 saturated carbocycles. The van der Waals surface area contributed by atoms with Gasteiger partial charge in [0.25, 0.3) is 0 Å². The Balaban J connectivity index is 1.84. The summed E-state index contributed by atoms with van der Waals surface area (Å²) in [6, 6.07) is 4.45. The summed E-state index contributed by atoms with van der Waals surface area (Å²) in [6.07, 6.45) is 2.83. The van der Waals surface area contributed by atoms with Crippen LogP contribution in [0.4, 0.5) is 4.79 Å². The van der Waals surface area contributed by atoms with E-state index in [0.29, 0.717) is 12.6 Å². The van der Waals surface area contributed by atoms with Crippen molar-refractivity contribution in [2.45, 2.75) is 39.8 Å². The quantitative estimate of drug-likeness (QED) is 0.902. The molecule has 1 fully saturated rings. The van der Waals surface area contributed by atoms with E-state index < -0.39 is 0 Å². The Bertz CT molecular complexity index is 473. The Morgan fingerprint density at radius 2 is 2.24 bits per heavy atom. The van der Waals surface area contributed by atoms with Crippen LogP contribution in [0.2, 0.25) is 0 Å². The summed E-state index contributed by atoms with van der Waals surface area (Å²) in [6.45, 7) is 10.6. The van der Waals surface area contributed by atoms with E-state index in [1.54, 1.807) is 6.20 Å². The Kier molecular flexibility index (Phi) is 5.56. The van der Waals surface area contributed by atoms with Crippen molar-refractivity contribution in [1.82, 2.24) is 20.1 Å². The SMILES string of the molecule is CCN(CC)C1CCN(C(=O)NCc2ncccc2C)C1. The number of amides is 2. The van der Waals surface area contributed by atoms with Gasteiger partial charge >= 0.3 is 6.03 Å². The Hall–Kier alpha value is -1.62. The molecule has 0 aromatic carbocycles. The van der Waals surface area contributed by atoms with Crippen LogP contribution >= 0.6 is 0 Å². The van der Waals surface area contributed by atoms with Crippen molar-refractivity contribution in [3.63, 3.8) is 0 Å². The molecule has 1 aromatic rings. The maximum absolute atomic E-state index is 12.2. The molecule has 1 unspecified atom stereocenters. The fourth-order valence-electron chi connectivity index (χ4n) is 2.94. The topological polar surface area (TPSA) is 48.5 Å². The predicted molar refractivity (Wildman–Crippen MR) is 84.1 cm³/mol. The van der Waals surface area contributed by atoms with E-state index in [4.69, 9.17) is 0 Å². The maximum atomic E-state index is 12.2. The number of nitrogens with one attached hydrogen (secondary N) is 1. The number of pyridine rings is 1. The van der Waals surface area contributed by atoms with Gasteiger partial charge in [0.1, 0.15) is 0 Å². The van der Waals surface area contributed by atoms with Gasteiger partial charge in [-0.25, -0.2) is 4.79 Å². The first-order valence-electron chi connectivity index (χ1n) is 7.83. The molecule has 0 radical (unpaired) electrons. The number of urea groups is 1. The lowest BCUT2D eigenvalue weighted by molar-refractivity contribution is 0.192. The average Bonchev–Trinajstić information content (AvgIpc) is 2.97. The van der Waals surface area contributed by atoms with Crippen molar-refractivity contribution in [2.75, 3.05) is 26.2 Å². The third-order valence-electron chi connectivity index (χ3n) is 4.30. The highest BCUT2D eigenvalue weighted by Gasteiger charge is 2.28. The van der Waals surface area contributed by atoms with Crippen LogP contribution in [-0.2, 0) is 6.54 Å². The molecule has 0 aliphatic carbocycles. The Morgan fingerprint density at radius 3 is 2.90 bits per heavy atom. The lowest BCUT2D eigenvalue weighted by atomic mass is 10.2. The van der Waals surface area contributed by atoms with Crippen LogP contribution in [0, 0.1) is 6.92 Å². The minimum absolute atomic E-state index is 0.0229. The van der Waals surface area contributed by atoms with Crippen molar-refractivity contribution in [2.24, 2.45) is 0 Å². The molecule has 1 N–H and O–H groups in total. The second-order valence-corrected chi connectivity index (χ2v) is 5.54. The molecule has 1 aliphatic rings. The number of hydrogen-bond acceptors (Lipinski definition) is 3. The number of rotatable bonds is 5. The molecule has 0 bridgehead atoms. The van der Waals surface area contributed by atoms with Crippen molar-refractivity contribution < 1.29 is 4.79 Å². The molecule has 2 rings (SSSR count). The predicted octanol–water partition coefficient (Wildman–Crippen LogP) is 2.02. The van der Waals surface area contributed by atoms with E-state index >= 15 is 0 Å². The van der Waals surface area contributed by atoms with Gasteiger partial charge < -0.3 is 10.2 Å². The maximum Gasteiger partial charge on any atom is 0.317 e. The zero-order valence-electron chi connectivity index (χ0n) is 13.3. The summed E-state index contributed by atoms with van der Waals surface area (Å²) < 4.78 is 0. The van der Waals surface area contributed by atoms with E-state index in [9.17, 15) is 4.79 Å². The van der Waals surface area contributed by atoms with Crippen LogP contribution < -0.4 is 5.32 Å². The van der Waals surface area contributed by atoms with Crippen LogP contribution in [0.15, 0.2) is 18.3 Å². The molecule has 1 atom stereocenters. The summed E-state index contributed by atoms with van der Waals surface area (Å²) >= 11 is 0. The number of carbonyl (C=O) groups excluding carboxylic acids is 1. The Morgan fingerprint density at radius 1 is 1.48 bits per heavy atom. The van der Waals surface area contributed by atoms with Gasteiger partial charge in [-0.3, -0.25) is 9.88 Å². The minimum atomic E-state index is 0.0229. The fourth-order valence-corrected chi connectivity index (χ4v) is 2.94. The first kappa shape index (κ1) is 15.8. The van der Waals surface area contributed by atoms with Crippen LogP contribution in [0.25, 0.3) is 0 Å². The molecule has 116 valence electrons. The van der Waals surface area contributed by atoms with E-state index in [-0.39, 0.29) is 6.03 Å². The van der Waals surface area contributed by atoms with Gasteiger partial charge in [-0.1, -0.05) is 19.9 Å². The van der Waals surface area contributed by atoms with Crippen LogP contribution in [0.5, 0.6) is 0 Å². The summed E-state index contributed by atoms with van der Waals surface area (Å²) in [5.41, 5.74) is 2.05. The average molecular weight is 290 g/mol. The van der Waals surface area contributed by atoms with Crippen LogP contribution in [0.1, 0.15) is 31.5 Å². The Labute approximate surface area is 127 Å². The highest BCUT2D eigenvalue weighted by atomic mass is 16.2. The fraction of sp³-hybridized carbons (Fsp3) is 0.625. The summed E-state index contributed by atoms with van der Waals surface area (Å²) in [7, 11) is 0. The van der Waals surface area contributed by atoms with Crippen molar-refractivity contribution in [3.8, 4) is 0 Å². The largest absolute Gasteiger partial charge is 0.332 e. The first-order chi connectivity index (χ1) is 10.2. The van der Waals surface area contributed by atoms with Gasteiger partial charge in [-0.2, -0.15) is 0 Å². The first-order valence-corrected chi connectivity index (χ1v) is 7.83. The normalized spacial score (nSPS) is 18.3. The van der Waals surface area contributed by atoms with Gasteiger partial charge in [-0.05, 0) is 38.1 Å². The third kappa shape index (κ3) is 3.94. The number of aryl methyl sites for hydroxylation is 1. The van der Waals surface area contributed by atoms with E-state index in [1.165, 1.54) is 0 Å².